The standard InChI is InChI=1S/C13H19NO3/c1-9(8-17-3)7-13(16)14-11-5-4-6-12(15)10(11)2/h4-6,9,15H,7-8H2,1-3H3,(H,14,16). The number of carbonyl (C=O) groups is 1. The van der Waals surface area contributed by atoms with Gasteiger partial charge in [-0.2, -0.15) is 0 Å². The molecule has 1 amide bonds. The fourth-order valence-corrected chi connectivity index (χ4v) is 1.62. The van der Waals surface area contributed by atoms with Crippen molar-refractivity contribution in [1.82, 2.24) is 0 Å². The Hall–Kier alpha value is -1.55. The number of benzene rings is 1. The van der Waals surface area contributed by atoms with Crippen molar-refractivity contribution in [1.29, 1.82) is 0 Å². The first-order chi connectivity index (χ1) is 8.04. The number of ether oxygens (including phenoxy) is 1. The number of amides is 1. The molecule has 2 N–H and O–H groups in total. The van der Waals surface area contributed by atoms with Crippen molar-refractivity contribution in [3.8, 4) is 5.75 Å². The van der Waals surface area contributed by atoms with Crippen LogP contribution in [0.15, 0.2) is 18.2 Å². The summed E-state index contributed by atoms with van der Waals surface area (Å²) in [6, 6.07) is 5.07. The van der Waals surface area contributed by atoms with Crippen molar-refractivity contribution >= 4 is 11.6 Å². The van der Waals surface area contributed by atoms with Gasteiger partial charge >= 0.3 is 0 Å². The summed E-state index contributed by atoms with van der Waals surface area (Å²) in [4.78, 5) is 11.7. The minimum absolute atomic E-state index is 0.0664. The minimum Gasteiger partial charge on any atom is -0.508 e. The Labute approximate surface area is 102 Å². The van der Waals surface area contributed by atoms with Gasteiger partial charge in [0.05, 0.1) is 0 Å². The first-order valence-corrected chi connectivity index (χ1v) is 5.62. The van der Waals surface area contributed by atoms with Gasteiger partial charge in [0.1, 0.15) is 5.75 Å². The molecule has 0 spiro atoms. The highest BCUT2D eigenvalue weighted by Crippen LogP contribution is 2.24. The largest absolute Gasteiger partial charge is 0.508 e. The summed E-state index contributed by atoms with van der Waals surface area (Å²) in [6.45, 7) is 4.29. The summed E-state index contributed by atoms with van der Waals surface area (Å²) < 4.78 is 4.98. The lowest BCUT2D eigenvalue weighted by Crippen LogP contribution is -2.18. The van der Waals surface area contributed by atoms with E-state index in [1.165, 1.54) is 0 Å². The number of phenols is 1. The average molecular weight is 237 g/mol. The smallest absolute Gasteiger partial charge is 0.224 e. The quantitative estimate of drug-likeness (QED) is 0.826. The van der Waals surface area contributed by atoms with Gasteiger partial charge in [-0.25, -0.2) is 0 Å². The van der Waals surface area contributed by atoms with E-state index in [0.29, 0.717) is 24.3 Å². The Balaban J connectivity index is 2.59. The SMILES string of the molecule is COCC(C)CC(=O)Nc1cccc(O)c1C. The van der Waals surface area contributed by atoms with Crippen LogP contribution < -0.4 is 5.32 Å². The van der Waals surface area contributed by atoms with Crippen LogP contribution >= 0.6 is 0 Å². The monoisotopic (exact) mass is 237 g/mol. The van der Waals surface area contributed by atoms with E-state index in [9.17, 15) is 9.90 Å². The van der Waals surface area contributed by atoms with Crippen molar-refractivity contribution in [2.75, 3.05) is 19.0 Å². The molecule has 0 heterocycles. The van der Waals surface area contributed by atoms with Gasteiger partial charge in [0.2, 0.25) is 5.91 Å². The van der Waals surface area contributed by atoms with E-state index in [1.807, 2.05) is 6.92 Å². The van der Waals surface area contributed by atoms with Crippen LogP contribution in [-0.4, -0.2) is 24.7 Å². The highest BCUT2D eigenvalue weighted by molar-refractivity contribution is 5.91. The van der Waals surface area contributed by atoms with Gasteiger partial charge in [-0.15, -0.1) is 0 Å². The molecule has 94 valence electrons. The number of rotatable bonds is 5. The van der Waals surface area contributed by atoms with Gasteiger partial charge in [0.25, 0.3) is 0 Å². The molecule has 1 atom stereocenters. The molecule has 4 nitrogen and oxygen atoms in total. The van der Waals surface area contributed by atoms with Crippen LogP contribution in [0.5, 0.6) is 5.75 Å². The lowest BCUT2D eigenvalue weighted by molar-refractivity contribution is -0.117. The molecule has 0 saturated heterocycles. The lowest BCUT2D eigenvalue weighted by atomic mass is 10.1. The van der Waals surface area contributed by atoms with Gasteiger partial charge in [0.15, 0.2) is 0 Å². The van der Waals surface area contributed by atoms with Crippen LogP contribution in [0, 0.1) is 12.8 Å². The Bertz CT molecular complexity index is 390. The third kappa shape index (κ3) is 4.07. The maximum atomic E-state index is 11.7. The second kappa shape index (κ2) is 6.25. The summed E-state index contributed by atoms with van der Waals surface area (Å²) >= 11 is 0. The maximum absolute atomic E-state index is 11.7. The molecule has 0 aromatic heterocycles. The number of methoxy groups -OCH3 is 1. The highest BCUT2D eigenvalue weighted by atomic mass is 16.5. The average Bonchev–Trinajstić information content (AvgIpc) is 2.25. The second-order valence-corrected chi connectivity index (χ2v) is 4.26. The summed E-state index contributed by atoms with van der Waals surface area (Å²) in [5.41, 5.74) is 1.33. The van der Waals surface area contributed by atoms with Crippen LogP contribution in [0.4, 0.5) is 5.69 Å². The third-order valence-corrected chi connectivity index (χ3v) is 2.56. The number of hydrogen-bond donors (Lipinski definition) is 2. The molecular weight excluding hydrogens is 218 g/mol. The van der Waals surface area contributed by atoms with Crippen molar-refractivity contribution < 1.29 is 14.6 Å². The molecule has 1 aromatic carbocycles. The molecule has 0 aliphatic rings. The van der Waals surface area contributed by atoms with E-state index in [0.717, 1.165) is 0 Å². The van der Waals surface area contributed by atoms with E-state index in [2.05, 4.69) is 5.32 Å². The Morgan fingerprint density at radius 1 is 1.53 bits per heavy atom. The molecule has 0 fully saturated rings. The van der Waals surface area contributed by atoms with Crippen LogP contribution in [0.2, 0.25) is 0 Å². The predicted octanol–water partition coefficient (Wildman–Crippen LogP) is 2.31. The Morgan fingerprint density at radius 2 is 2.24 bits per heavy atom. The molecular formula is C13H19NO3. The molecule has 1 unspecified atom stereocenters. The summed E-state index contributed by atoms with van der Waals surface area (Å²) in [5.74, 6) is 0.300. The fourth-order valence-electron chi connectivity index (χ4n) is 1.62. The van der Waals surface area contributed by atoms with Crippen molar-refractivity contribution in [2.24, 2.45) is 5.92 Å². The maximum Gasteiger partial charge on any atom is 0.224 e. The second-order valence-electron chi connectivity index (χ2n) is 4.26. The Kier molecular flexibility index (Phi) is 4.97. The highest BCUT2D eigenvalue weighted by Gasteiger charge is 2.11. The molecule has 0 aliphatic heterocycles. The number of aromatic hydroxyl groups is 1. The van der Waals surface area contributed by atoms with Gasteiger partial charge in [0, 0.05) is 31.4 Å². The molecule has 0 bridgehead atoms. The van der Waals surface area contributed by atoms with Gasteiger partial charge in [-0.3, -0.25) is 4.79 Å². The van der Waals surface area contributed by atoms with Crippen molar-refractivity contribution in [3.63, 3.8) is 0 Å². The third-order valence-electron chi connectivity index (χ3n) is 2.56. The number of nitrogens with one attached hydrogen (secondary N) is 1. The number of carbonyl (C=O) groups excluding carboxylic acids is 1. The van der Waals surface area contributed by atoms with Crippen LogP contribution in [0.3, 0.4) is 0 Å². The molecule has 0 saturated carbocycles. The van der Waals surface area contributed by atoms with E-state index >= 15 is 0 Å². The van der Waals surface area contributed by atoms with Crippen LogP contribution in [0.1, 0.15) is 18.9 Å². The normalized spacial score (nSPS) is 12.2. The number of hydrogen-bond acceptors (Lipinski definition) is 3. The molecule has 0 radical (unpaired) electrons. The first-order valence-electron chi connectivity index (χ1n) is 5.62. The van der Waals surface area contributed by atoms with Crippen molar-refractivity contribution in [2.45, 2.75) is 20.3 Å². The molecule has 4 heteroatoms. The zero-order valence-electron chi connectivity index (χ0n) is 10.5. The van der Waals surface area contributed by atoms with Crippen molar-refractivity contribution in [3.05, 3.63) is 23.8 Å². The van der Waals surface area contributed by atoms with E-state index in [1.54, 1.807) is 32.2 Å². The Morgan fingerprint density at radius 3 is 2.88 bits per heavy atom. The fraction of sp³-hybridized carbons (Fsp3) is 0.462. The minimum atomic E-state index is -0.0664. The van der Waals surface area contributed by atoms with Crippen LogP contribution in [-0.2, 0) is 9.53 Å². The van der Waals surface area contributed by atoms with E-state index < -0.39 is 0 Å². The first kappa shape index (κ1) is 13.5. The van der Waals surface area contributed by atoms with E-state index in [-0.39, 0.29) is 17.6 Å². The van der Waals surface area contributed by atoms with Gasteiger partial charge < -0.3 is 15.2 Å². The number of phenolic OH excluding ortho intramolecular Hbond substituents is 1. The molecule has 0 aliphatic carbocycles. The zero-order valence-corrected chi connectivity index (χ0v) is 10.5. The molecule has 17 heavy (non-hydrogen) atoms. The zero-order chi connectivity index (χ0) is 12.8. The molecule has 1 aromatic rings. The van der Waals surface area contributed by atoms with Crippen LogP contribution in [0.25, 0.3) is 0 Å². The van der Waals surface area contributed by atoms with Gasteiger partial charge in [-0.05, 0) is 25.0 Å². The lowest BCUT2D eigenvalue weighted by Gasteiger charge is -2.12. The van der Waals surface area contributed by atoms with Gasteiger partial charge in [-0.1, -0.05) is 13.0 Å². The summed E-state index contributed by atoms with van der Waals surface area (Å²) in [5, 5.41) is 12.3. The predicted molar refractivity (Wildman–Crippen MR) is 67.1 cm³/mol. The topological polar surface area (TPSA) is 58.6 Å². The number of anilines is 1. The summed E-state index contributed by atoms with van der Waals surface area (Å²) in [7, 11) is 1.62. The molecule has 1 rings (SSSR count). The van der Waals surface area contributed by atoms with E-state index in [4.69, 9.17) is 4.74 Å². The summed E-state index contributed by atoms with van der Waals surface area (Å²) in [6.07, 6.45) is 0.406.